The van der Waals surface area contributed by atoms with Crippen LogP contribution in [0.5, 0.6) is 0 Å². The Hall–Kier alpha value is -3.44. The Morgan fingerprint density at radius 3 is 2.56 bits per heavy atom. The molecule has 0 unspecified atom stereocenters. The van der Waals surface area contributed by atoms with Crippen molar-refractivity contribution in [2.45, 2.75) is 59.9 Å². The van der Waals surface area contributed by atoms with E-state index < -0.39 is 0 Å². The molecule has 184 valence electrons. The number of nitrogens with zero attached hydrogens (tertiary/aromatic N) is 2. The lowest BCUT2D eigenvalue weighted by Crippen LogP contribution is -2.24. The molecule has 1 amide bonds. The number of amides is 1. The number of aliphatic imine (C=N–C) groups is 1. The molecule has 0 saturated carbocycles. The second-order valence-corrected chi connectivity index (χ2v) is 10.8. The number of carbonyl (C=O) groups is 1. The summed E-state index contributed by atoms with van der Waals surface area (Å²) in [6.07, 6.45) is 6.24. The first-order valence-corrected chi connectivity index (χ1v) is 13.5. The molecule has 36 heavy (non-hydrogen) atoms. The molecule has 0 radical (unpaired) electrons. The molecule has 2 aromatic heterocycles. The van der Waals surface area contributed by atoms with Gasteiger partial charge in [-0.2, -0.15) is 0 Å². The van der Waals surface area contributed by atoms with E-state index in [-0.39, 0.29) is 5.91 Å². The molecule has 5 rings (SSSR count). The summed E-state index contributed by atoms with van der Waals surface area (Å²) in [6.45, 7) is 9.08. The Bertz CT molecular complexity index is 1440. The highest BCUT2D eigenvalue weighted by atomic mass is 32.1. The number of nitrogens with one attached hydrogen (secondary N) is 1. The predicted octanol–water partition coefficient (Wildman–Crippen LogP) is 7.33. The minimum absolute atomic E-state index is 0.0222. The number of fused-ring (bicyclic) bond motifs is 1. The van der Waals surface area contributed by atoms with Crippen LogP contribution in [-0.2, 0) is 19.4 Å². The topological polar surface area (TPSA) is 46.4 Å². The molecule has 0 saturated heterocycles. The van der Waals surface area contributed by atoms with Gasteiger partial charge in [-0.05, 0) is 93.8 Å². The van der Waals surface area contributed by atoms with Crippen molar-refractivity contribution in [3.63, 3.8) is 0 Å². The molecule has 4 nitrogen and oxygen atoms in total. The number of carbonyl (C=O) groups excluding carboxylic acids is 1. The molecule has 0 spiro atoms. The number of rotatable bonds is 6. The van der Waals surface area contributed by atoms with Crippen LogP contribution in [0.4, 0.5) is 5.00 Å². The van der Waals surface area contributed by atoms with Gasteiger partial charge < -0.3 is 9.88 Å². The molecule has 0 atom stereocenters. The Kier molecular flexibility index (Phi) is 6.92. The van der Waals surface area contributed by atoms with E-state index in [1.807, 2.05) is 36.5 Å². The summed E-state index contributed by atoms with van der Waals surface area (Å²) >= 11 is 1.68. The maximum Gasteiger partial charge on any atom is 0.254 e. The van der Waals surface area contributed by atoms with Gasteiger partial charge in [0, 0.05) is 40.3 Å². The average molecular weight is 496 g/mol. The van der Waals surface area contributed by atoms with Gasteiger partial charge in [-0.15, -0.1) is 11.3 Å². The highest BCUT2D eigenvalue weighted by Crippen LogP contribution is 2.40. The number of hydrogen-bond donors (Lipinski definition) is 1. The lowest BCUT2D eigenvalue weighted by Gasteiger charge is -2.13. The van der Waals surface area contributed by atoms with Crippen LogP contribution in [0.25, 0.3) is 5.69 Å². The van der Waals surface area contributed by atoms with Gasteiger partial charge in [0.2, 0.25) is 0 Å². The highest BCUT2D eigenvalue weighted by Gasteiger charge is 2.25. The Balaban J connectivity index is 1.46. The van der Waals surface area contributed by atoms with Crippen LogP contribution in [0, 0.1) is 27.7 Å². The fourth-order valence-corrected chi connectivity index (χ4v) is 6.28. The minimum Gasteiger partial charge on any atom is -0.348 e. The molecule has 0 fully saturated rings. The number of aryl methyl sites for hydroxylation is 4. The van der Waals surface area contributed by atoms with Crippen LogP contribution in [0.1, 0.15) is 67.3 Å². The third-order valence-corrected chi connectivity index (χ3v) is 8.42. The van der Waals surface area contributed by atoms with Crippen molar-refractivity contribution in [2.75, 3.05) is 0 Å². The van der Waals surface area contributed by atoms with Crippen molar-refractivity contribution >= 4 is 28.5 Å². The van der Waals surface area contributed by atoms with Crippen molar-refractivity contribution in [3.05, 3.63) is 104 Å². The van der Waals surface area contributed by atoms with Crippen LogP contribution in [0.15, 0.2) is 59.6 Å². The minimum atomic E-state index is -0.0222. The summed E-state index contributed by atoms with van der Waals surface area (Å²) in [5.41, 5.74) is 10.2. The van der Waals surface area contributed by atoms with Crippen molar-refractivity contribution in [2.24, 2.45) is 4.99 Å². The standard InChI is InChI=1S/C31H33N3OS/c1-20-14-15-26(16-21(20)2)34-22(3)17-25(23(34)4)19-33-31-29(27-12-8-9-13-28(27)36-31)30(35)32-18-24-10-6-5-7-11-24/h5-7,10-11,14-17,19H,8-9,12-13,18H2,1-4H3,(H,32,35). The van der Waals surface area contributed by atoms with Crippen molar-refractivity contribution in [3.8, 4) is 5.69 Å². The summed E-state index contributed by atoms with van der Waals surface area (Å²) in [5, 5.41) is 3.96. The number of benzene rings is 2. The van der Waals surface area contributed by atoms with Crippen molar-refractivity contribution < 1.29 is 4.79 Å². The molecule has 1 aliphatic carbocycles. The molecule has 1 aliphatic rings. The summed E-state index contributed by atoms with van der Waals surface area (Å²) in [7, 11) is 0. The van der Waals surface area contributed by atoms with Crippen LogP contribution >= 0.6 is 11.3 Å². The van der Waals surface area contributed by atoms with E-state index in [2.05, 4.69) is 61.8 Å². The molecule has 2 aromatic carbocycles. The fourth-order valence-electron chi connectivity index (χ4n) is 5.05. The zero-order chi connectivity index (χ0) is 25.2. The Labute approximate surface area is 217 Å². The van der Waals surface area contributed by atoms with Gasteiger partial charge in [-0.1, -0.05) is 36.4 Å². The molecular weight excluding hydrogens is 462 g/mol. The molecule has 5 heteroatoms. The third-order valence-electron chi connectivity index (χ3n) is 7.22. The quantitative estimate of drug-likeness (QED) is 0.280. The number of aromatic nitrogens is 1. The molecule has 2 heterocycles. The van der Waals surface area contributed by atoms with Gasteiger partial charge in [0.1, 0.15) is 5.00 Å². The first kappa shape index (κ1) is 24.3. The van der Waals surface area contributed by atoms with E-state index in [1.165, 1.54) is 39.4 Å². The van der Waals surface area contributed by atoms with Crippen molar-refractivity contribution in [1.29, 1.82) is 0 Å². The Morgan fingerprint density at radius 2 is 1.78 bits per heavy atom. The van der Waals surface area contributed by atoms with E-state index >= 15 is 0 Å². The number of thiophene rings is 1. The van der Waals surface area contributed by atoms with Crippen LogP contribution in [0.2, 0.25) is 0 Å². The summed E-state index contributed by atoms with van der Waals surface area (Å²) in [5.74, 6) is -0.0222. The van der Waals surface area contributed by atoms with Gasteiger partial charge in [-0.3, -0.25) is 4.79 Å². The predicted molar refractivity (Wildman–Crippen MR) is 151 cm³/mol. The normalized spacial score (nSPS) is 13.2. The second-order valence-electron chi connectivity index (χ2n) is 9.75. The smallest absolute Gasteiger partial charge is 0.254 e. The maximum absolute atomic E-state index is 13.4. The highest BCUT2D eigenvalue weighted by molar-refractivity contribution is 7.16. The van der Waals surface area contributed by atoms with Crippen LogP contribution < -0.4 is 5.32 Å². The SMILES string of the molecule is Cc1ccc(-n2c(C)cc(C=Nc3sc4c(c3C(=O)NCc3ccccc3)CCCC4)c2C)cc1C. The van der Waals surface area contributed by atoms with Crippen molar-refractivity contribution in [1.82, 2.24) is 9.88 Å². The lowest BCUT2D eigenvalue weighted by atomic mass is 9.95. The fraction of sp³-hybridized carbons (Fsp3) is 0.290. The number of hydrogen-bond acceptors (Lipinski definition) is 3. The zero-order valence-electron chi connectivity index (χ0n) is 21.5. The van der Waals surface area contributed by atoms with Gasteiger partial charge in [0.15, 0.2) is 0 Å². The lowest BCUT2D eigenvalue weighted by molar-refractivity contribution is 0.0951. The molecule has 0 bridgehead atoms. The molecule has 4 aromatic rings. The third kappa shape index (κ3) is 4.80. The van der Waals surface area contributed by atoms with Gasteiger partial charge in [0.25, 0.3) is 5.91 Å². The molecule has 0 aliphatic heterocycles. The van der Waals surface area contributed by atoms with Gasteiger partial charge >= 0.3 is 0 Å². The average Bonchev–Trinajstić information content (AvgIpc) is 3.39. The molecular formula is C31H33N3OS. The van der Waals surface area contributed by atoms with E-state index in [1.54, 1.807) is 11.3 Å². The van der Waals surface area contributed by atoms with E-state index in [4.69, 9.17) is 4.99 Å². The van der Waals surface area contributed by atoms with E-state index in [0.29, 0.717) is 6.54 Å². The maximum atomic E-state index is 13.4. The summed E-state index contributed by atoms with van der Waals surface area (Å²) < 4.78 is 2.28. The second kappa shape index (κ2) is 10.3. The van der Waals surface area contributed by atoms with Crippen LogP contribution in [-0.4, -0.2) is 16.7 Å². The van der Waals surface area contributed by atoms with Crippen LogP contribution in [0.3, 0.4) is 0 Å². The first-order chi connectivity index (χ1) is 17.4. The zero-order valence-corrected chi connectivity index (χ0v) is 22.3. The van der Waals surface area contributed by atoms with E-state index in [0.717, 1.165) is 46.6 Å². The monoisotopic (exact) mass is 495 g/mol. The van der Waals surface area contributed by atoms with Gasteiger partial charge in [0.05, 0.1) is 5.56 Å². The summed E-state index contributed by atoms with van der Waals surface area (Å²) in [6, 6.07) is 18.8. The first-order valence-electron chi connectivity index (χ1n) is 12.7. The molecule has 1 N–H and O–H groups in total. The Morgan fingerprint density at radius 1 is 1.00 bits per heavy atom. The summed E-state index contributed by atoms with van der Waals surface area (Å²) in [4.78, 5) is 19.6. The van der Waals surface area contributed by atoms with Gasteiger partial charge in [-0.25, -0.2) is 4.99 Å². The largest absolute Gasteiger partial charge is 0.348 e. The van der Waals surface area contributed by atoms with E-state index in [9.17, 15) is 4.79 Å².